The Morgan fingerprint density at radius 2 is 2.18 bits per heavy atom. The summed E-state index contributed by atoms with van der Waals surface area (Å²) in [5, 5.41) is 3.54. The molecule has 4 heteroatoms. The molecule has 0 atom stereocenters. The number of aromatic nitrogens is 2. The lowest BCUT2D eigenvalue weighted by Crippen LogP contribution is -2.01. The summed E-state index contributed by atoms with van der Waals surface area (Å²) in [7, 11) is 0. The van der Waals surface area contributed by atoms with E-state index in [9.17, 15) is 0 Å². The highest BCUT2D eigenvalue weighted by Crippen LogP contribution is 2.26. The van der Waals surface area contributed by atoms with Crippen LogP contribution in [-0.2, 0) is 12.4 Å². The molecule has 0 spiro atoms. The van der Waals surface area contributed by atoms with Crippen LogP contribution in [0.1, 0.15) is 11.4 Å². The minimum atomic E-state index is 0.453. The Balaban J connectivity index is 2.00. The van der Waals surface area contributed by atoms with E-state index in [4.69, 9.17) is 11.6 Å². The van der Waals surface area contributed by atoms with Crippen LogP contribution in [0.25, 0.3) is 10.1 Å². The molecule has 2 aromatic heterocycles. The predicted octanol–water partition coefficient (Wildman–Crippen LogP) is 3.88. The molecule has 0 saturated carbocycles. The Kier molecular flexibility index (Phi) is 2.87. The molecule has 0 unspecified atom stereocenters. The van der Waals surface area contributed by atoms with Gasteiger partial charge in [-0.2, -0.15) is 0 Å². The van der Waals surface area contributed by atoms with E-state index in [1.54, 1.807) is 17.5 Å². The highest BCUT2D eigenvalue weighted by molar-refractivity contribution is 7.17. The summed E-state index contributed by atoms with van der Waals surface area (Å²) in [6.07, 6.45) is 3.77. The predicted molar refractivity (Wildman–Crippen MR) is 72.7 cm³/mol. The van der Waals surface area contributed by atoms with E-state index in [1.807, 2.05) is 6.20 Å². The molecule has 0 aliphatic rings. The molecule has 0 bridgehead atoms. The topological polar surface area (TPSA) is 17.8 Å². The average Bonchev–Trinajstić information content (AvgIpc) is 2.97. The van der Waals surface area contributed by atoms with Gasteiger partial charge in [-0.15, -0.1) is 22.9 Å². The summed E-state index contributed by atoms with van der Waals surface area (Å²) in [4.78, 5) is 4.23. The number of benzene rings is 1. The van der Waals surface area contributed by atoms with Crippen LogP contribution in [0.5, 0.6) is 0 Å². The van der Waals surface area contributed by atoms with Crippen LogP contribution in [0.2, 0.25) is 0 Å². The third-order valence-electron chi connectivity index (χ3n) is 2.82. The smallest absolute Gasteiger partial charge is 0.123 e. The molecule has 0 amide bonds. The fourth-order valence-corrected chi connectivity index (χ4v) is 3.13. The van der Waals surface area contributed by atoms with Crippen LogP contribution in [0.15, 0.2) is 42.0 Å². The normalized spacial score (nSPS) is 11.1. The lowest BCUT2D eigenvalue weighted by molar-refractivity contribution is 0.761. The average molecular weight is 263 g/mol. The minimum absolute atomic E-state index is 0.453. The molecule has 0 radical (unpaired) electrons. The zero-order valence-electron chi connectivity index (χ0n) is 9.14. The van der Waals surface area contributed by atoms with Gasteiger partial charge in [-0.1, -0.05) is 18.2 Å². The lowest BCUT2D eigenvalue weighted by atomic mass is 10.2. The van der Waals surface area contributed by atoms with Crippen molar-refractivity contribution in [2.24, 2.45) is 0 Å². The van der Waals surface area contributed by atoms with Crippen molar-refractivity contribution < 1.29 is 0 Å². The zero-order valence-corrected chi connectivity index (χ0v) is 10.7. The molecule has 86 valence electrons. The second kappa shape index (κ2) is 4.51. The third kappa shape index (κ3) is 1.96. The van der Waals surface area contributed by atoms with Crippen molar-refractivity contribution in [3.63, 3.8) is 0 Å². The first kappa shape index (κ1) is 10.8. The Labute approximate surface area is 108 Å². The minimum Gasteiger partial charge on any atom is -0.329 e. The van der Waals surface area contributed by atoms with Gasteiger partial charge in [-0.05, 0) is 22.4 Å². The molecular formula is C13H11ClN2S. The first-order valence-electron chi connectivity index (χ1n) is 5.39. The molecule has 2 heterocycles. The number of hydrogen-bond acceptors (Lipinski definition) is 2. The first-order chi connectivity index (χ1) is 8.38. The summed E-state index contributed by atoms with van der Waals surface area (Å²) in [5.74, 6) is 1.37. The van der Waals surface area contributed by atoms with Gasteiger partial charge >= 0.3 is 0 Å². The van der Waals surface area contributed by atoms with Crippen molar-refractivity contribution in [2.45, 2.75) is 12.4 Å². The third-order valence-corrected chi connectivity index (χ3v) is 4.07. The highest BCUT2D eigenvalue weighted by atomic mass is 35.5. The van der Waals surface area contributed by atoms with Crippen molar-refractivity contribution in [1.82, 2.24) is 9.55 Å². The molecule has 17 heavy (non-hydrogen) atoms. The number of fused-ring (bicyclic) bond motifs is 1. The summed E-state index contributed by atoms with van der Waals surface area (Å²) < 4.78 is 3.43. The van der Waals surface area contributed by atoms with Crippen LogP contribution in [0.3, 0.4) is 0 Å². The van der Waals surface area contributed by atoms with Crippen molar-refractivity contribution in [3.05, 3.63) is 53.4 Å². The van der Waals surface area contributed by atoms with Crippen LogP contribution < -0.4 is 0 Å². The van der Waals surface area contributed by atoms with E-state index < -0.39 is 0 Å². The van der Waals surface area contributed by atoms with E-state index >= 15 is 0 Å². The zero-order chi connectivity index (χ0) is 11.7. The second-order valence-corrected chi connectivity index (χ2v) is 5.04. The van der Waals surface area contributed by atoms with E-state index in [0.717, 1.165) is 12.4 Å². The molecule has 2 nitrogen and oxygen atoms in total. The molecule has 0 aliphatic heterocycles. The molecule has 3 aromatic rings. The number of nitrogens with zero attached hydrogens (tertiary/aromatic N) is 2. The van der Waals surface area contributed by atoms with Gasteiger partial charge in [0.15, 0.2) is 0 Å². The molecular weight excluding hydrogens is 252 g/mol. The van der Waals surface area contributed by atoms with Gasteiger partial charge in [0.25, 0.3) is 0 Å². The van der Waals surface area contributed by atoms with E-state index in [0.29, 0.717) is 5.88 Å². The Bertz CT molecular complexity index is 641. The van der Waals surface area contributed by atoms with E-state index in [2.05, 4.69) is 39.2 Å². The Morgan fingerprint density at radius 3 is 3.06 bits per heavy atom. The van der Waals surface area contributed by atoms with Crippen molar-refractivity contribution in [2.75, 3.05) is 0 Å². The molecule has 1 aromatic carbocycles. The first-order valence-corrected chi connectivity index (χ1v) is 6.81. The van der Waals surface area contributed by atoms with Crippen molar-refractivity contribution in [1.29, 1.82) is 0 Å². The Morgan fingerprint density at radius 1 is 1.29 bits per heavy atom. The largest absolute Gasteiger partial charge is 0.329 e. The van der Waals surface area contributed by atoms with Gasteiger partial charge < -0.3 is 4.57 Å². The van der Waals surface area contributed by atoms with Gasteiger partial charge in [0.1, 0.15) is 5.82 Å². The van der Waals surface area contributed by atoms with Gasteiger partial charge in [0.05, 0.1) is 12.4 Å². The van der Waals surface area contributed by atoms with Gasteiger partial charge in [-0.25, -0.2) is 4.98 Å². The molecule has 0 fully saturated rings. The standard InChI is InChI=1S/C13H11ClN2S/c14-7-13-15-5-6-16(13)8-10-9-17-12-4-2-1-3-11(10)12/h1-6,9H,7-8H2. The van der Waals surface area contributed by atoms with Gasteiger partial charge in [0, 0.05) is 17.1 Å². The maximum Gasteiger partial charge on any atom is 0.123 e. The fourth-order valence-electron chi connectivity index (χ4n) is 1.95. The number of thiophene rings is 1. The summed E-state index contributed by atoms with van der Waals surface area (Å²) in [5.41, 5.74) is 1.33. The Hall–Kier alpha value is -1.32. The lowest BCUT2D eigenvalue weighted by Gasteiger charge is -2.04. The van der Waals surface area contributed by atoms with Crippen LogP contribution in [-0.4, -0.2) is 9.55 Å². The number of imidazole rings is 1. The van der Waals surface area contributed by atoms with Gasteiger partial charge in [-0.3, -0.25) is 0 Å². The SMILES string of the molecule is ClCc1nccn1Cc1csc2ccccc12. The molecule has 3 rings (SSSR count). The molecule has 0 N–H and O–H groups in total. The van der Waals surface area contributed by atoms with Crippen LogP contribution in [0, 0.1) is 0 Å². The number of rotatable bonds is 3. The van der Waals surface area contributed by atoms with Crippen molar-refractivity contribution >= 4 is 33.0 Å². The number of halogens is 1. The van der Waals surface area contributed by atoms with Gasteiger partial charge in [0.2, 0.25) is 0 Å². The van der Waals surface area contributed by atoms with Crippen LogP contribution >= 0.6 is 22.9 Å². The number of hydrogen-bond donors (Lipinski definition) is 0. The fraction of sp³-hybridized carbons (Fsp3) is 0.154. The summed E-state index contributed by atoms with van der Waals surface area (Å²) in [6, 6.07) is 8.47. The summed E-state index contributed by atoms with van der Waals surface area (Å²) in [6.45, 7) is 0.839. The maximum absolute atomic E-state index is 5.85. The summed E-state index contributed by atoms with van der Waals surface area (Å²) >= 11 is 7.63. The molecule has 0 aliphatic carbocycles. The van der Waals surface area contributed by atoms with E-state index in [-0.39, 0.29) is 0 Å². The van der Waals surface area contributed by atoms with Crippen molar-refractivity contribution in [3.8, 4) is 0 Å². The quantitative estimate of drug-likeness (QED) is 0.655. The second-order valence-electron chi connectivity index (χ2n) is 3.86. The van der Waals surface area contributed by atoms with Crippen LogP contribution in [0.4, 0.5) is 0 Å². The number of alkyl halides is 1. The van der Waals surface area contributed by atoms with E-state index in [1.165, 1.54) is 15.6 Å². The molecule has 0 saturated heterocycles. The highest BCUT2D eigenvalue weighted by Gasteiger charge is 2.06. The monoisotopic (exact) mass is 262 g/mol. The maximum atomic E-state index is 5.85.